The Morgan fingerprint density at radius 2 is 2.27 bits per heavy atom. The smallest absolute Gasteiger partial charge is 0.357 e. The second-order valence-corrected chi connectivity index (χ2v) is 6.21. The Labute approximate surface area is 137 Å². The zero-order chi connectivity index (χ0) is 15.7. The number of hydrogen-bond acceptors (Lipinski definition) is 7. The van der Waals surface area contributed by atoms with Crippen LogP contribution in [0.2, 0.25) is 5.15 Å². The van der Waals surface area contributed by atoms with E-state index in [1.165, 1.54) is 11.3 Å². The highest BCUT2D eigenvalue weighted by Crippen LogP contribution is 2.43. The number of rotatable bonds is 5. The van der Waals surface area contributed by atoms with Crippen molar-refractivity contribution in [2.45, 2.75) is 25.7 Å². The van der Waals surface area contributed by atoms with Crippen LogP contribution in [-0.4, -0.2) is 34.8 Å². The van der Waals surface area contributed by atoms with Gasteiger partial charge in [0.05, 0.1) is 6.61 Å². The molecule has 1 saturated carbocycles. The molecule has 0 bridgehead atoms. The fraction of sp³-hybridized carbons (Fsp3) is 0.429. The summed E-state index contributed by atoms with van der Waals surface area (Å²) in [6.07, 6.45) is 2.28. The maximum absolute atomic E-state index is 11.7. The maximum Gasteiger partial charge on any atom is 0.357 e. The molecule has 2 aromatic heterocycles. The summed E-state index contributed by atoms with van der Waals surface area (Å²) in [5.74, 6) is 0.733. The quantitative estimate of drug-likeness (QED) is 0.778. The Kier molecular flexibility index (Phi) is 4.26. The Bertz CT molecular complexity index is 702. The van der Waals surface area contributed by atoms with E-state index in [0.29, 0.717) is 34.3 Å². The lowest BCUT2D eigenvalue weighted by molar-refractivity contribution is 0.0520. The van der Waals surface area contributed by atoms with Crippen LogP contribution in [0.25, 0.3) is 0 Å². The van der Waals surface area contributed by atoms with Crippen LogP contribution in [-0.2, 0) is 4.74 Å². The molecule has 8 heteroatoms. The topological polar surface area (TPSA) is 68.2 Å². The molecule has 0 saturated heterocycles. The second kappa shape index (κ2) is 6.18. The van der Waals surface area contributed by atoms with Crippen LogP contribution >= 0.6 is 22.9 Å². The van der Waals surface area contributed by atoms with E-state index in [2.05, 4.69) is 15.2 Å². The van der Waals surface area contributed by atoms with Crippen LogP contribution in [0.5, 0.6) is 0 Å². The van der Waals surface area contributed by atoms with E-state index >= 15 is 0 Å². The molecule has 0 aromatic carbocycles. The lowest BCUT2D eigenvalue weighted by atomic mass is 10.2. The van der Waals surface area contributed by atoms with Crippen molar-refractivity contribution in [1.29, 1.82) is 0 Å². The van der Waals surface area contributed by atoms with Gasteiger partial charge in [-0.1, -0.05) is 11.6 Å². The molecule has 2 aromatic rings. The molecule has 0 aliphatic heterocycles. The van der Waals surface area contributed by atoms with Crippen molar-refractivity contribution in [2.75, 3.05) is 18.6 Å². The van der Waals surface area contributed by atoms with Gasteiger partial charge < -0.3 is 9.64 Å². The zero-order valence-electron chi connectivity index (χ0n) is 12.2. The molecule has 3 rings (SSSR count). The molecule has 2 heterocycles. The molecule has 1 aliphatic rings. The fourth-order valence-corrected chi connectivity index (χ4v) is 3.06. The number of halogens is 1. The lowest BCUT2D eigenvalue weighted by Gasteiger charge is -2.15. The van der Waals surface area contributed by atoms with Crippen molar-refractivity contribution in [2.24, 2.45) is 0 Å². The molecular formula is C14H15ClN4O2S. The fourth-order valence-electron chi connectivity index (χ4n) is 2.04. The van der Waals surface area contributed by atoms with E-state index in [9.17, 15) is 4.79 Å². The maximum atomic E-state index is 11.7. The van der Waals surface area contributed by atoms with Crippen molar-refractivity contribution in [3.8, 4) is 0 Å². The molecule has 0 amide bonds. The van der Waals surface area contributed by atoms with E-state index in [1.807, 2.05) is 13.1 Å². The monoisotopic (exact) mass is 338 g/mol. The minimum Gasteiger partial charge on any atom is -0.461 e. The molecule has 22 heavy (non-hydrogen) atoms. The number of hydrogen-bond donors (Lipinski definition) is 0. The zero-order valence-corrected chi connectivity index (χ0v) is 13.8. The van der Waals surface area contributed by atoms with Gasteiger partial charge in [0.25, 0.3) is 0 Å². The number of aromatic nitrogens is 3. The number of thiazole rings is 1. The van der Waals surface area contributed by atoms with E-state index in [1.54, 1.807) is 17.2 Å². The highest BCUT2D eigenvalue weighted by atomic mass is 35.5. The number of carbonyl (C=O) groups excluding carboxylic acids is 1. The van der Waals surface area contributed by atoms with Crippen LogP contribution < -0.4 is 4.90 Å². The minimum absolute atomic E-state index is 0.304. The van der Waals surface area contributed by atoms with Crippen LogP contribution in [0.4, 0.5) is 10.9 Å². The van der Waals surface area contributed by atoms with Crippen LogP contribution in [0, 0.1) is 0 Å². The van der Waals surface area contributed by atoms with E-state index in [0.717, 1.165) is 18.4 Å². The standard InChI is InChI=1S/C14H15ClN4O2S/c1-3-21-13(20)10-7-22-14(16-10)19(2)11-6-9(8-4-5-8)12(15)18-17-11/h6-8H,3-5H2,1-2H3. The van der Waals surface area contributed by atoms with Crippen LogP contribution in [0.15, 0.2) is 11.4 Å². The van der Waals surface area contributed by atoms with Crippen LogP contribution in [0.3, 0.4) is 0 Å². The highest BCUT2D eigenvalue weighted by molar-refractivity contribution is 7.14. The molecule has 0 unspecified atom stereocenters. The first kappa shape index (κ1) is 15.2. The summed E-state index contributed by atoms with van der Waals surface area (Å²) in [5.41, 5.74) is 1.33. The number of esters is 1. The Hall–Kier alpha value is -1.73. The van der Waals surface area contributed by atoms with Gasteiger partial charge in [0.15, 0.2) is 21.8 Å². The average molecular weight is 339 g/mol. The van der Waals surface area contributed by atoms with E-state index in [4.69, 9.17) is 16.3 Å². The number of ether oxygens (including phenoxy) is 1. The predicted octanol–water partition coefficient (Wildman–Crippen LogP) is 3.41. The van der Waals surface area contributed by atoms with Crippen molar-refractivity contribution in [3.63, 3.8) is 0 Å². The molecule has 1 fully saturated rings. The summed E-state index contributed by atoms with van der Waals surface area (Å²) in [7, 11) is 1.84. The van der Waals surface area contributed by atoms with Crippen molar-refractivity contribution >= 4 is 39.9 Å². The van der Waals surface area contributed by atoms with Gasteiger partial charge in [0, 0.05) is 12.4 Å². The summed E-state index contributed by atoms with van der Waals surface area (Å²) in [6, 6.07) is 1.94. The van der Waals surface area contributed by atoms with Gasteiger partial charge in [-0.2, -0.15) is 0 Å². The second-order valence-electron chi connectivity index (χ2n) is 5.02. The third kappa shape index (κ3) is 3.05. The Balaban J connectivity index is 1.83. The molecule has 6 nitrogen and oxygen atoms in total. The van der Waals surface area contributed by atoms with Gasteiger partial charge in [-0.3, -0.25) is 0 Å². The number of anilines is 2. The van der Waals surface area contributed by atoms with Gasteiger partial charge in [0.2, 0.25) is 0 Å². The average Bonchev–Trinajstić information content (AvgIpc) is 3.23. The van der Waals surface area contributed by atoms with Gasteiger partial charge >= 0.3 is 5.97 Å². The Morgan fingerprint density at radius 3 is 2.95 bits per heavy atom. The van der Waals surface area contributed by atoms with Crippen molar-refractivity contribution in [1.82, 2.24) is 15.2 Å². The molecule has 0 N–H and O–H groups in total. The summed E-state index contributed by atoms with van der Waals surface area (Å²) >= 11 is 7.45. The van der Waals surface area contributed by atoms with Crippen molar-refractivity contribution < 1.29 is 9.53 Å². The molecule has 116 valence electrons. The predicted molar refractivity (Wildman–Crippen MR) is 85.2 cm³/mol. The first-order valence-corrected chi connectivity index (χ1v) is 8.25. The van der Waals surface area contributed by atoms with Crippen molar-refractivity contribution in [3.05, 3.63) is 27.9 Å². The summed E-state index contributed by atoms with van der Waals surface area (Å²) < 4.78 is 4.94. The normalized spacial score (nSPS) is 14.0. The van der Waals surface area contributed by atoms with Gasteiger partial charge in [-0.15, -0.1) is 21.5 Å². The molecule has 1 aliphatic carbocycles. The third-order valence-electron chi connectivity index (χ3n) is 3.39. The van der Waals surface area contributed by atoms with E-state index < -0.39 is 5.97 Å². The van der Waals surface area contributed by atoms with Gasteiger partial charge in [0.1, 0.15) is 0 Å². The molecule has 0 spiro atoms. The Morgan fingerprint density at radius 1 is 1.50 bits per heavy atom. The van der Waals surface area contributed by atoms with Gasteiger partial charge in [-0.25, -0.2) is 9.78 Å². The first-order valence-electron chi connectivity index (χ1n) is 6.99. The largest absolute Gasteiger partial charge is 0.461 e. The number of nitrogens with zero attached hydrogens (tertiary/aromatic N) is 4. The highest BCUT2D eigenvalue weighted by Gasteiger charge is 2.28. The van der Waals surface area contributed by atoms with Gasteiger partial charge in [-0.05, 0) is 37.3 Å². The summed E-state index contributed by atoms with van der Waals surface area (Å²) in [4.78, 5) is 17.8. The molecule has 0 radical (unpaired) electrons. The third-order valence-corrected chi connectivity index (χ3v) is 4.60. The number of carbonyl (C=O) groups is 1. The SMILES string of the molecule is CCOC(=O)c1csc(N(C)c2cc(C3CC3)c(Cl)nn2)n1. The minimum atomic E-state index is -0.417. The lowest BCUT2D eigenvalue weighted by Crippen LogP contribution is -2.13. The summed E-state index contributed by atoms with van der Waals surface area (Å²) in [6.45, 7) is 2.09. The van der Waals surface area contributed by atoms with Crippen LogP contribution in [0.1, 0.15) is 41.7 Å². The molecule has 0 atom stereocenters. The molecular weight excluding hydrogens is 324 g/mol. The summed E-state index contributed by atoms with van der Waals surface area (Å²) in [5, 5.41) is 10.9. The van der Waals surface area contributed by atoms with E-state index in [-0.39, 0.29) is 0 Å². The first-order chi connectivity index (χ1) is 10.6.